The van der Waals surface area contributed by atoms with Gasteiger partial charge in [0.2, 0.25) is 10.0 Å². The Morgan fingerprint density at radius 1 is 1.05 bits per heavy atom. The largest absolute Gasteiger partial charge is 0.481 e. The average Bonchev–Trinajstić information content (AvgIpc) is 3.07. The molecule has 3 aromatic carbocycles. The number of hydrogen-bond acceptors (Lipinski definition) is 5. The number of aryl methyl sites for hydroxylation is 1. The minimum Gasteiger partial charge on any atom is -0.481 e. The van der Waals surface area contributed by atoms with E-state index >= 15 is 0 Å². The summed E-state index contributed by atoms with van der Waals surface area (Å²) in [4.78, 5) is 27.2. The Bertz CT molecular complexity index is 1470. The number of carbonyl (C=O) groups excluding carboxylic acids is 1. The second kappa shape index (κ2) is 10.9. The minimum atomic E-state index is -4.26. The number of carboxylic acids is 1. The number of benzene rings is 3. The summed E-state index contributed by atoms with van der Waals surface area (Å²) in [5, 5.41) is 10.1. The number of rotatable bonds is 6. The zero-order chi connectivity index (χ0) is 26.6. The number of fused-ring (bicyclic) bond motifs is 1. The predicted molar refractivity (Wildman–Crippen MR) is 139 cm³/mol. The fourth-order valence-corrected chi connectivity index (χ4v) is 5.71. The maximum atomic E-state index is 13.8. The highest BCUT2D eigenvalue weighted by Crippen LogP contribution is 2.33. The van der Waals surface area contributed by atoms with Gasteiger partial charge in [-0.3, -0.25) is 9.59 Å². The van der Waals surface area contributed by atoms with Gasteiger partial charge >= 0.3 is 5.97 Å². The van der Waals surface area contributed by atoms with Crippen molar-refractivity contribution in [2.45, 2.75) is 31.3 Å². The zero-order valence-corrected chi connectivity index (χ0v) is 21.2. The molecule has 0 aromatic heterocycles. The Labute approximate surface area is 216 Å². The number of ether oxygens (including phenoxy) is 1. The summed E-state index contributed by atoms with van der Waals surface area (Å²) in [6, 6.07) is 18.0. The van der Waals surface area contributed by atoms with Crippen molar-refractivity contribution in [3.05, 3.63) is 89.5 Å². The first-order valence-corrected chi connectivity index (χ1v) is 13.0. The third-order valence-electron chi connectivity index (χ3n) is 6.02. The highest BCUT2D eigenvalue weighted by atomic mass is 32.2. The Hall–Kier alpha value is -4.13. The lowest BCUT2D eigenvalue weighted by Crippen LogP contribution is -2.50. The maximum Gasteiger partial charge on any atom is 0.323 e. The molecule has 1 aliphatic heterocycles. The van der Waals surface area contributed by atoms with Crippen molar-refractivity contribution in [1.82, 2.24) is 4.31 Å². The maximum absolute atomic E-state index is 13.8. The minimum absolute atomic E-state index is 0.0790. The molecule has 3 aromatic rings. The normalized spacial score (nSPS) is 15.6. The summed E-state index contributed by atoms with van der Waals surface area (Å²) in [5.74, 6) is 4.15. The zero-order valence-electron chi connectivity index (χ0n) is 20.4. The monoisotopic (exact) mass is 518 g/mol. The molecule has 37 heavy (non-hydrogen) atoms. The van der Waals surface area contributed by atoms with Crippen LogP contribution in [0, 0.1) is 18.8 Å². The van der Waals surface area contributed by atoms with Crippen molar-refractivity contribution in [3.8, 4) is 17.6 Å². The van der Waals surface area contributed by atoms with Gasteiger partial charge in [0, 0.05) is 17.8 Å². The highest BCUT2D eigenvalue weighted by molar-refractivity contribution is 7.89. The molecular formula is C28H26N2O6S. The highest BCUT2D eigenvalue weighted by Gasteiger charge is 2.41. The number of carbonyl (C=O) groups is 2. The molecule has 4 rings (SSSR count). The van der Waals surface area contributed by atoms with Crippen molar-refractivity contribution in [2.75, 3.05) is 18.1 Å². The second-order valence-electron chi connectivity index (χ2n) is 8.51. The van der Waals surface area contributed by atoms with Gasteiger partial charge in [0.05, 0.1) is 11.4 Å². The van der Waals surface area contributed by atoms with Gasteiger partial charge in [0.15, 0.2) is 0 Å². The second-order valence-corrected chi connectivity index (χ2v) is 10.4. The molecule has 0 spiro atoms. The SMILES string of the molecule is CC#CCOc1ccc(S(=O)(=O)N2Cc3cc(C)ccc3N(C(=O)c3ccccc3)CC2C(=O)O)cc1. The van der Waals surface area contributed by atoms with Crippen LogP contribution < -0.4 is 9.64 Å². The lowest BCUT2D eigenvalue weighted by molar-refractivity contribution is -0.141. The molecule has 1 unspecified atom stereocenters. The quantitative estimate of drug-likeness (QED) is 0.499. The lowest BCUT2D eigenvalue weighted by Gasteiger charge is -2.28. The molecule has 8 nitrogen and oxygen atoms in total. The Morgan fingerprint density at radius 3 is 2.41 bits per heavy atom. The standard InChI is InChI=1S/C28H26N2O6S/c1-3-4-16-36-23-11-13-24(14-12-23)37(34,35)30-18-22-17-20(2)10-15-25(22)29(19-26(30)28(32)33)27(31)21-8-6-5-7-9-21/h5-15,17,26H,16,18-19H2,1-2H3,(H,32,33). The van der Waals surface area contributed by atoms with Gasteiger partial charge in [-0.2, -0.15) is 4.31 Å². The van der Waals surface area contributed by atoms with E-state index in [1.54, 1.807) is 49.4 Å². The van der Waals surface area contributed by atoms with E-state index in [9.17, 15) is 23.1 Å². The summed E-state index contributed by atoms with van der Waals surface area (Å²) in [5.41, 5.74) is 2.24. The Balaban J connectivity index is 1.76. The number of nitrogens with zero attached hydrogens (tertiary/aromatic N) is 2. The third kappa shape index (κ3) is 5.50. The van der Waals surface area contributed by atoms with E-state index in [-0.39, 0.29) is 24.6 Å². The number of sulfonamides is 1. The van der Waals surface area contributed by atoms with E-state index in [0.717, 1.165) is 9.87 Å². The van der Waals surface area contributed by atoms with Crippen LogP contribution >= 0.6 is 0 Å². The van der Waals surface area contributed by atoms with Crippen LogP contribution in [-0.4, -0.2) is 48.9 Å². The molecule has 0 saturated heterocycles. The molecule has 0 saturated carbocycles. The molecular weight excluding hydrogens is 492 g/mol. The van der Waals surface area contributed by atoms with Crippen LogP contribution in [0.15, 0.2) is 77.7 Å². The van der Waals surface area contributed by atoms with E-state index < -0.39 is 27.9 Å². The van der Waals surface area contributed by atoms with Crippen molar-refractivity contribution in [2.24, 2.45) is 0 Å². The van der Waals surface area contributed by atoms with E-state index in [1.165, 1.54) is 29.2 Å². The van der Waals surface area contributed by atoms with Gasteiger partial charge in [-0.05, 0) is 61.9 Å². The molecule has 1 heterocycles. The van der Waals surface area contributed by atoms with Gasteiger partial charge in [0.25, 0.3) is 5.91 Å². The van der Waals surface area contributed by atoms with Gasteiger partial charge in [-0.25, -0.2) is 8.42 Å². The van der Waals surface area contributed by atoms with Gasteiger partial charge in [-0.15, -0.1) is 5.92 Å². The lowest BCUT2D eigenvalue weighted by atomic mass is 10.1. The molecule has 190 valence electrons. The number of anilines is 1. The first-order valence-electron chi connectivity index (χ1n) is 11.6. The molecule has 1 amide bonds. The molecule has 1 aliphatic rings. The van der Waals surface area contributed by atoms with Crippen molar-refractivity contribution < 1.29 is 27.9 Å². The first-order chi connectivity index (χ1) is 17.7. The van der Waals surface area contributed by atoms with Crippen LogP contribution in [0.1, 0.15) is 28.4 Å². The van der Waals surface area contributed by atoms with Crippen LogP contribution in [0.3, 0.4) is 0 Å². The van der Waals surface area contributed by atoms with Gasteiger partial charge in [0.1, 0.15) is 18.4 Å². The molecule has 0 bridgehead atoms. The summed E-state index contributed by atoms with van der Waals surface area (Å²) in [7, 11) is -4.26. The van der Waals surface area contributed by atoms with E-state index in [0.29, 0.717) is 22.6 Å². The van der Waals surface area contributed by atoms with Crippen LogP contribution in [0.4, 0.5) is 5.69 Å². The smallest absolute Gasteiger partial charge is 0.323 e. The van der Waals surface area contributed by atoms with Crippen LogP contribution in [0.2, 0.25) is 0 Å². The first kappa shape index (κ1) is 25.9. The summed E-state index contributed by atoms with van der Waals surface area (Å²) in [6.07, 6.45) is 0. The van der Waals surface area contributed by atoms with E-state index in [2.05, 4.69) is 11.8 Å². The molecule has 1 N–H and O–H groups in total. The van der Waals surface area contributed by atoms with Crippen molar-refractivity contribution in [1.29, 1.82) is 0 Å². The topological polar surface area (TPSA) is 104 Å². The average molecular weight is 519 g/mol. The van der Waals surface area contributed by atoms with E-state index in [4.69, 9.17) is 4.74 Å². The van der Waals surface area contributed by atoms with Crippen molar-refractivity contribution >= 4 is 27.6 Å². The van der Waals surface area contributed by atoms with E-state index in [1.807, 2.05) is 13.0 Å². The molecule has 0 radical (unpaired) electrons. The number of aliphatic carboxylic acids is 1. The number of carboxylic acid groups (broad SMARTS) is 1. The van der Waals surface area contributed by atoms with Gasteiger partial charge < -0.3 is 14.7 Å². The fourth-order valence-electron chi connectivity index (χ4n) is 4.16. The Kier molecular flexibility index (Phi) is 7.62. The van der Waals surface area contributed by atoms with Crippen LogP contribution in [-0.2, 0) is 21.4 Å². The fraction of sp³-hybridized carbons (Fsp3) is 0.214. The van der Waals surface area contributed by atoms with Gasteiger partial charge in [-0.1, -0.05) is 41.8 Å². The molecule has 0 aliphatic carbocycles. The summed E-state index contributed by atoms with van der Waals surface area (Å²) in [6.45, 7) is 3.14. The van der Waals surface area contributed by atoms with Crippen molar-refractivity contribution in [3.63, 3.8) is 0 Å². The Morgan fingerprint density at radius 2 is 1.76 bits per heavy atom. The molecule has 1 atom stereocenters. The number of hydrogen-bond donors (Lipinski definition) is 1. The predicted octanol–water partition coefficient (Wildman–Crippen LogP) is 3.70. The summed E-state index contributed by atoms with van der Waals surface area (Å²) >= 11 is 0. The van der Waals surface area contributed by atoms with Crippen LogP contribution in [0.25, 0.3) is 0 Å². The molecule has 9 heteroatoms. The third-order valence-corrected chi connectivity index (χ3v) is 7.89. The van der Waals surface area contributed by atoms with Crippen LogP contribution in [0.5, 0.6) is 5.75 Å². The number of amides is 1. The summed E-state index contributed by atoms with van der Waals surface area (Å²) < 4.78 is 33.9. The molecule has 0 fully saturated rings.